The highest BCUT2D eigenvalue weighted by molar-refractivity contribution is 7.99. The van der Waals surface area contributed by atoms with Crippen molar-refractivity contribution in [2.45, 2.75) is 17.4 Å². The minimum Gasteiger partial charge on any atom is -0.383 e. The van der Waals surface area contributed by atoms with Gasteiger partial charge in [-0.2, -0.15) is 13.2 Å². The molecule has 1 aromatic carbocycles. The number of nitrogens with one attached hydrogen (secondary N) is 1. The number of aromatic nitrogens is 4. The molecule has 0 radical (unpaired) electrons. The Morgan fingerprint density at radius 3 is 2.85 bits per heavy atom. The number of halogens is 3. The molecular weight excluding hydrogens is 293 g/mol. The van der Waals surface area contributed by atoms with E-state index in [2.05, 4.69) is 15.2 Å². The molecule has 5 nitrogen and oxygen atoms in total. The quantitative estimate of drug-likeness (QED) is 0.728. The predicted molar refractivity (Wildman–Crippen MR) is 67.6 cm³/mol. The highest BCUT2D eigenvalue weighted by atomic mass is 32.2. The first-order valence-corrected chi connectivity index (χ1v) is 6.64. The third-order valence-corrected chi connectivity index (χ3v) is 3.77. The van der Waals surface area contributed by atoms with Crippen molar-refractivity contribution in [2.75, 3.05) is 5.75 Å². The van der Waals surface area contributed by atoms with Crippen LogP contribution < -0.4 is 0 Å². The summed E-state index contributed by atoms with van der Waals surface area (Å²) < 4.78 is 38.5. The number of alkyl halides is 3. The van der Waals surface area contributed by atoms with Crippen molar-refractivity contribution in [1.82, 2.24) is 19.6 Å². The van der Waals surface area contributed by atoms with Crippen LogP contribution in [-0.2, 0) is 0 Å². The Hall–Kier alpha value is -1.74. The highest BCUT2D eigenvalue weighted by Gasteiger charge is 2.38. The van der Waals surface area contributed by atoms with Crippen molar-refractivity contribution in [3.63, 3.8) is 0 Å². The third kappa shape index (κ3) is 2.22. The number of hydrogen-bond donors (Lipinski definition) is 2. The number of aliphatic hydroxyl groups excluding tert-OH is 1. The molecule has 20 heavy (non-hydrogen) atoms. The Balaban J connectivity index is 1.92. The molecule has 0 aliphatic heterocycles. The molecule has 0 aliphatic carbocycles. The summed E-state index contributed by atoms with van der Waals surface area (Å²) in [5.74, 6) is -0.0640. The number of imidazole rings is 1. The lowest BCUT2D eigenvalue weighted by Gasteiger charge is -2.12. The molecule has 1 unspecified atom stereocenters. The van der Waals surface area contributed by atoms with Crippen LogP contribution >= 0.6 is 11.8 Å². The van der Waals surface area contributed by atoms with Gasteiger partial charge in [0.2, 0.25) is 5.78 Å². The van der Waals surface area contributed by atoms with E-state index >= 15 is 0 Å². The van der Waals surface area contributed by atoms with Crippen LogP contribution in [0.5, 0.6) is 0 Å². The average molecular weight is 302 g/mol. The number of thioether (sulfide) groups is 1. The standard InChI is InChI=1S/C11H9F3N4OS/c12-11(13,14)8(19)5-20-10-17-16-9-15-6-3-1-2-4-7(6)18(9)10/h1-4,8,19H,5H2,(H,15,16). The fourth-order valence-corrected chi connectivity index (χ4v) is 2.71. The van der Waals surface area contributed by atoms with Crippen LogP contribution in [0.3, 0.4) is 0 Å². The van der Waals surface area contributed by atoms with Crippen LogP contribution in [0.25, 0.3) is 16.8 Å². The van der Waals surface area contributed by atoms with E-state index in [-0.39, 0.29) is 0 Å². The minimum absolute atomic E-state index is 0.331. The zero-order chi connectivity index (χ0) is 14.3. The van der Waals surface area contributed by atoms with Crippen LogP contribution in [0.4, 0.5) is 13.2 Å². The monoisotopic (exact) mass is 302 g/mol. The van der Waals surface area contributed by atoms with Gasteiger partial charge in [0.1, 0.15) is 0 Å². The molecule has 0 spiro atoms. The van der Waals surface area contributed by atoms with Crippen LogP contribution in [-0.4, -0.2) is 42.7 Å². The summed E-state index contributed by atoms with van der Waals surface area (Å²) in [6.45, 7) is 0. The molecule has 0 bridgehead atoms. The number of aliphatic hydroxyl groups is 1. The van der Waals surface area contributed by atoms with E-state index in [0.717, 1.165) is 22.8 Å². The summed E-state index contributed by atoms with van der Waals surface area (Å²) in [4.78, 5) is 4.26. The molecule has 3 aromatic rings. The van der Waals surface area contributed by atoms with E-state index in [0.29, 0.717) is 10.9 Å². The van der Waals surface area contributed by atoms with E-state index in [1.807, 2.05) is 12.1 Å². The smallest absolute Gasteiger partial charge is 0.383 e. The number of benzene rings is 1. The second-order valence-corrected chi connectivity index (χ2v) is 5.12. The molecular formula is C11H9F3N4OS. The van der Waals surface area contributed by atoms with E-state index in [1.54, 1.807) is 16.5 Å². The largest absolute Gasteiger partial charge is 0.415 e. The summed E-state index contributed by atoms with van der Waals surface area (Å²) in [7, 11) is 0. The summed E-state index contributed by atoms with van der Waals surface area (Å²) >= 11 is 0.822. The van der Waals surface area contributed by atoms with Gasteiger partial charge in [0, 0.05) is 5.75 Å². The zero-order valence-electron chi connectivity index (χ0n) is 9.92. The van der Waals surface area contributed by atoms with Crippen LogP contribution in [0.1, 0.15) is 0 Å². The SMILES string of the molecule is OC(CSc1n[nH]c2nc3ccccc3n12)C(F)(F)F. The molecule has 2 N–H and O–H groups in total. The maximum atomic E-state index is 12.3. The van der Waals surface area contributed by atoms with E-state index in [4.69, 9.17) is 5.11 Å². The van der Waals surface area contributed by atoms with Gasteiger partial charge >= 0.3 is 6.18 Å². The van der Waals surface area contributed by atoms with Crippen molar-refractivity contribution < 1.29 is 18.3 Å². The van der Waals surface area contributed by atoms with Gasteiger partial charge in [-0.15, -0.1) is 5.10 Å². The van der Waals surface area contributed by atoms with Gasteiger partial charge in [0.05, 0.1) is 11.0 Å². The number of hydrogen-bond acceptors (Lipinski definition) is 4. The lowest BCUT2D eigenvalue weighted by molar-refractivity contribution is -0.195. The maximum Gasteiger partial charge on any atom is 0.415 e. The average Bonchev–Trinajstić information content (AvgIpc) is 2.93. The van der Waals surface area contributed by atoms with Crippen molar-refractivity contribution in [3.05, 3.63) is 24.3 Å². The number of aromatic amines is 1. The van der Waals surface area contributed by atoms with Gasteiger partial charge in [-0.3, -0.25) is 4.40 Å². The van der Waals surface area contributed by atoms with Gasteiger partial charge < -0.3 is 5.11 Å². The predicted octanol–water partition coefficient (Wildman–Crippen LogP) is 2.23. The molecule has 0 saturated heterocycles. The Morgan fingerprint density at radius 2 is 2.10 bits per heavy atom. The van der Waals surface area contributed by atoms with Gasteiger partial charge in [-0.25, -0.2) is 10.1 Å². The first-order chi connectivity index (χ1) is 9.47. The zero-order valence-corrected chi connectivity index (χ0v) is 10.7. The number of fused-ring (bicyclic) bond motifs is 3. The van der Waals surface area contributed by atoms with Gasteiger partial charge in [0.25, 0.3) is 0 Å². The van der Waals surface area contributed by atoms with Crippen molar-refractivity contribution in [1.29, 1.82) is 0 Å². The van der Waals surface area contributed by atoms with E-state index < -0.39 is 18.0 Å². The first kappa shape index (κ1) is 13.3. The molecule has 0 saturated carbocycles. The van der Waals surface area contributed by atoms with Gasteiger partial charge in [-0.05, 0) is 12.1 Å². The molecule has 3 rings (SSSR count). The topological polar surface area (TPSA) is 66.2 Å². The van der Waals surface area contributed by atoms with E-state index in [9.17, 15) is 13.2 Å². The van der Waals surface area contributed by atoms with Crippen molar-refractivity contribution in [3.8, 4) is 0 Å². The summed E-state index contributed by atoms with van der Waals surface area (Å²) in [5, 5.41) is 15.9. The molecule has 0 amide bonds. The van der Waals surface area contributed by atoms with Crippen LogP contribution in [0.2, 0.25) is 0 Å². The number of nitrogens with zero attached hydrogens (tertiary/aromatic N) is 3. The number of para-hydroxylation sites is 2. The Morgan fingerprint density at radius 1 is 1.35 bits per heavy atom. The molecule has 0 fully saturated rings. The normalized spacial score (nSPS) is 14.2. The fourth-order valence-electron chi connectivity index (χ4n) is 1.79. The summed E-state index contributed by atoms with van der Waals surface area (Å²) in [5.41, 5.74) is 1.47. The van der Waals surface area contributed by atoms with Gasteiger partial charge in [0.15, 0.2) is 11.3 Å². The lowest BCUT2D eigenvalue weighted by Crippen LogP contribution is -2.30. The molecule has 2 heterocycles. The Labute approximate surface area is 114 Å². The first-order valence-electron chi connectivity index (χ1n) is 5.66. The summed E-state index contributed by atoms with van der Waals surface area (Å²) in [6.07, 6.45) is -7.01. The Bertz CT molecular complexity index is 751. The molecule has 9 heteroatoms. The van der Waals surface area contributed by atoms with Gasteiger partial charge in [-0.1, -0.05) is 23.9 Å². The van der Waals surface area contributed by atoms with E-state index in [1.165, 1.54) is 0 Å². The third-order valence-electron chi connectivity index (χ3n) is 2.75. The lowest BCUT2D eigenvalue weighted by atomic mass is 10.3. The molecule has 1 atom stereocenters. The minimum atomic E-state index is -4.63. The number of H-pyrrole nitrogens is 1. The second-order valence-electron chi connectivity index (χ2n) is 4.13. The fraction of sp³-hybridized carbons (Fsp3) is 0.273. The van der Waals surface area contributed by atoms with Crippen molar-refractivity contribution >= 4 is 28.6 Å². The number of rotatable bonds is 3. The molecule has 2 aromatic heterocycles. The van der Waals surface area contributed by atoms with Crippen LogP contribution in [0, 0.1) is 0 Å². The highest BCUT2D eigenvalue weighted by Crippen LogP contribution is 2.27. The van der Waals surface area contributed by atoms with Crippen LogP contribution in [0.15, 0.2) is 29.4 Å². The second kappa shape index (κ2) is 4.67. The Kier molecular flexibility index (Phi) is 3.09. The summed E-state index contributed by atoms with van der Waals surface area (Å²) in [6, 6.07) is 7.23. The molecule has 0 aliphatic rings. The molecule has 106 valence electrons. The van der Waals surface area contributed by atoms with Crippen molar-refractivity contribution in [2.24, 2.45) is 0 Å². The maximum absolute atomic E-state index is 12.3.